The van der Waals surface area contributed by atoms with Crippen molar-refractivity contribution < 1.29 is 31.9 Å². The second-order valence-electron chi connectivity index (χ2n) is 9.10. The number of nitrogens with zero attached hydrogens (tertiary/aromatic N) is 3. The molecule has 2 aromatic carbocycles. The molecule has 0 unspecified atom stereocenters. The van der Waals surface area contributed by atoms with Gasteiger partial charge in [0.05, 0.1) is 17.5 Å². The summed E-state index contributed by atoms with van der Waals surface area (Å²) < 4.78 is 61.0. The molecule has 200 valence electrons. The minimum atomic E-state index is -4.58. The van der Waals surface area contributed by atoms with Crippen LogP contribution < -0.4 is 15.4 Å². The molecule has 0 aliphatic heterocycles. The predicted molar refractivity (Wildman–Crippen MR) is 133 cm³/mol. The van der Waals surface area contributed by atoms with Crippen molar-refractivity contribution in [3.05, 3.63) is 84.6 Å². The van der Waals surface area contributed by atoms with E-state index in [4.69, 9.17) is 4.74 Å². The number of hydrogen-bond donors (Lipinski definition) is 2. The average Bonchev–Trinajstić information content (AvgIpc) is 3.60. The molecule has 2 N–H and O–H groups in total. The van der Waals surface area contributed by atoms with Crippen molar-refractivity contribution in [1.29, 1.82) is 0 Å². The van der Waals surface area contributed by atoms with Gasteiger partial charge in [0.2, 0.25) is 11.8 Å². The molecule has 0 atom stereocenters. The van der Waals surface area contributed by atoms with Crippen LogP contribution in [0, 0.1) is 11.2 Å². The number of aromatic nitrogens is 3. The van der Waals surface area contributed by atoms with Gasteiger partial charge in [-0.2, -0.15) is 18.3 Å². The Morgan fingerprint density at radius 1 is 1.00 bits per heavy atom. The zero-order chi connectivity index (χ0) is 27.8. The average molecular weight is 539 g/mol. The first kappa shape index (κ1) is 25.9. The summed E-state index contributed by atoms with van der Waals surface area (Å²) in [6.45, 7) is 0. The van der Waals surface area contributed by atoms with Crippen LogP contribution in [0.3, 0.4) is 0 Å². The van der Waals surface area contributed by atoms with Crippen LogP contribution in [0.15, 0.2) is 73.2 Å². The number of carbonyl (C=O) groups excluding carboxylic acids is 2. The van der Waals surface area contributed by atoms with E-state index < -0.39 is 34.8 Å². The smallest absolute Gasteiger partial charge is 0.416 e. The summed E-state index contributed by atoms with van der Waals surface area (Å²) >= 11 is 0. The number of nitrogens with one attached hydrogen (secondary N) is 2. The van der Waals surface area contributed by atoms with Crippen LogP contribution in [0.1, 0.15) is 18.4 Å². The highest BCUT2D eigenvalue weighted by Gasteiger charge is 2.56. The van der Waals surface area contributed by atoms with Gasteiger partial charge in [-0.1, -0.05) is 6.07 Å². The minimum absolute atomic E-state index is 0.0794. The molecule has 39 heavy (non-hydrogen) atoms. The van der Waals surface area contributed by atoms with Gasteiger partial charge in [-0.15, -0.1) is 0 Å². The fourth-order valence-corrected chi connectivity index (χ4v) is 3.93. The van der Waals surface area contributed by atoms with E-state index in [2.05, 4.69) is 20.7 Å². The Kier molecular flexibility index (Phi) is 6.54. The van der Waals surface area contributed by atoms with E-state index in [0.717, 1.165) is 29.8 Å². The SMILES string of the molecule is Cn1cc(-c2cc(Oc3ccc(NC(=O)C4(C(=O)Nc5cccc(C(F)(F)F)c5)CC4)cc3F)ccn2)cn1. The molecule has 5 rings (SSSR count). The van der Waals surface area contributed by atoms with Crippen LogP contribution in [0.5, 0.6) is 11.5 Å². The van der Waals surface area contributed by atoms with Gasteiger partial charge in [-0.25, -0.2) is 4.39 Å². The van der Waals surface area contributed by atoms with Crippen molar-refractivity contribution in [1.82, 2.24) is 14.8 Å². The number of aryl methyl sites for hydroxylation is 1. The van der Waals surface area contributed by atoms with Crippen molar-refractivity contribution >= 4 is 23.2 Å². The number of ether oxygens (including phenoxy) is 1. The van der Waals surface area contributed by atoms with E-state index in [1.165, 1.54) is 24.4 Å². The Morgan fingerprint density at radius 2 is 1.72 bits per heavy atom. The number of pyridine rings is 1. The maximum absolute atomic E-state index is 14.8. The monoisotopic (exact) mass is 539 g/mol. The van der Waals surface area contributed by atoms with Gasteiger partial charge in [0.15, 0.2) is 11.6 Å². The lowest BCUT2D eigenvalue weighted by Crippen LogP contribution is -2.35. The predicted octanol–water partition coefficient (Wildman–Crippen LogP) is 5.79. The first-order valence-electron chi connectivity index (χ1n) is 11.8. The molecule has 1 fully saturated rings. The normalized spacial score (nSPS) is 14.0. The zero-order valence-electron chi connectivity index (χ0n) is 20.4. The Bertz CT molecular complexity index is 1560. The van der Waals surface area contributed by atoms with Gasteiger partial charge in [-0.05, 0) is 49.2 Å². The fourth-order valence-electron chi connectivity index (χ4n) is 3.93. The Balaban J connectivity index is 1.25. The van der Waals surface area contributed by atoms with Gasteiger partial charge in [0.25, 0.3) is 0 Å². The number of alkyl halides is 3. The first-order chi connectivity index (χ1) is 18.5. The number of benzene rings is 2. The molecule has 2 heterocycles. The minimum Gasteiger partial charge on any atom is -0.454 e. The van der Waals surface area contributed by atoms with E-state index in [1.807, 2.05) is 0 Å². The summed E-state index contributed by atoms with van der Waals surface area (Å²) in [5.41, 5.74) is -1.03. The van der Waals surface area contributed by atoms with E-state index in [9.17, 15) is 27.2 Å². The number of rotatable bonds is 7. The standard InChI is InChI=1S/C27H21F4N5O3/c1-36-15-16(14-33-36)22-13-20(7-10-32-22)39-23-6-5-19(12-21(23)28)35-25(38)26(8-9-26)24(37)34-18-4-2-3-17(11-18)27(29,30)31/h2-7,10-15H,8-9H2,1H3,(H,34,37)(H,35,38). The molecule has 4 aromatic rings. The summed E-state index contributed by atoms with van der Waals surface area (Å²) in [4.78, 5) is 29.9. The number of hydrogen-bond acceptors (Lipinski definition) is 5. The van der Waals surface area contributed by atoms with Crippen LogP contribution in [-0.4, -0.2) is 26.6 Å². The Labute approximate surface area is 219 Å². The van der Waals surface area contributed by atoms with E-state index >= 15 is 0 Å². The maximum atomic E-state index is 14.8. The molecular formula is C27H21F4N5O3. The Morgan fingerprint density at radius 3 is 2.33 bits per heavy atom. The number of anilines is 2. The molecule has 0 radical (unpaired) electrons. The molecule has 12 heteroatoms. The third-order valence-electron chi connectivity index (χ3n) is 6.22. The van der Waals surface area contributed by atoms with Crippen LogP contribution in [0.4, 0.5) is 28.9 Å². The highest BCUT2D eigenvalue weighted by molar-refractivity contribution is 6.16. The molecular weight excluding hydrogens is 518 g/mol. The second kappa shape index (κ2) is 9.86. The van der Waals surface area contributed by atoms with Crippen LogP contribution in [0.25, 0.3) is 11.3 Å². The van der Waals surface area contributed by atoms with E-state index in [1.54, 1.807) is 36.3 Å². The van der Waals surface area contributed by atoms with Crippen molar-refractivity contribution in [2.45, 2.75) is 19.0 Å². The molecule has 2 aromatic heterocycles. The van der Waals surface area contributed by atoms with Gasteiger partial charge in [-0.3, -0.25) is 19.3 Å². The lowest BCUT2D eigenvalue weighted by atomic mass is 10.0. The first-order valence-corrected chi connectivity index (χ1v) is 11.8. The van der Waals surface area contributed by atoms with Gasteiger partial charge in [0, 0.05) is 48.5 Å². The highest BCUT2D eigenvalue weighted by atomic mass is 19.4. The molecule has 0 spiro atoms. The summed E-state index contributed by atoms with van der Waals surface area (Å²) in [5, 5.41) is 9.00. The van der Waals surface area contributed by atoms with Crippen LogP contribution in [-0.2, 0) is 22.8 Å². The third-order valence-corrected chi connectivity index (χ3v) is 6.22. The number of halogens is 4. The quantitative estimate of drug-likeness (QED) is 0.229. The summed E-state index contributed by atoms with van der Waals surface area (Å²) in [7, 11) is 1.77. The third kappa shape index (κ3) is 5.59. The lowest BCUT2D eigenvalue weighted by molar-refractivity contribution is -0.137. The molecule has 1 aliphatic rings. The van der Waals surface area contributed by atoms with Gasteiger partial charge >= 0.3 is 6.18 Å². The van der Waals surface area contributed by atoms with E-state index in [0.29, 0.717) is 11.4 Å². The van der Waals surface area contributed by atoms with Crippen LogP contribution in [0.2, 0.25) is 0 Å². The van der Waals surface area contributed by atoms with Crippen molar-refractivity contribution in [2.75, 3.05) is 10.6 Å². The second-order valence-corrected chi connectivity index (χ2v) is 9.10. The summed E-state index contributed by atoms with van der Waals surface area (Å²) in [6.07, 6.45) is 0.759. The van der Waals surface area contributed by atoms with Crippen molar-refractivity contribution in [3.8, 4) is 22.8 Å². The summed E-state index contributed by atoms with van der Waals surface area (Å²) in [6, 6.07) is 11.1. The molecule has 1 aliphatic carbocycles. The topological polar surface area (TPSA) is 98.1 Å². The molecule has 0 saturated heterocycles. The molecule has 0 bridgehead atoms. The van der Waals surface area contributed by atoms with Crippen LogP contribution >= 0.6 is 0 Å². The Hall–Kier alpha value is -4.74. The van der Waals surface area contributed by atoms with Crippen molar-refractivity contribution in [3.63, 3.8) is 0 Å². The molecule has 8 nitrogen and oxygen atoms in total. The number of carbonyl (C=O) groups is 2. The summed E-state index contributed by atoms with van der Waals surface area (Å²) in [5.74, 6) is -1.94. The zero-order valence-corrected chi connectivity index (χ0v) is 20.4. The fraction of sp³-hybridized carbons (Fsp3) is 0.185. The van der Waals surface area contributed by atoms with E-state index in [-0.39, 0.29) is 30.0 Å². The number of amides is 2. The molecule has 1 saturated carbocycles. The lowest BCUT2D eigenvalue weighted by Gasteiger charge is -2.17. The maximum Gasteiger partial charge on any atom is 0.416 e. The van der Waals surface area contributed by atoms with Crippen molar-refractivity contribution in [2.24, 2.45) is 12.5 Å². The van der Waals surface area contributed by atoms with Gasteiger partial charge < -0.3 is 15.4 Å². The largest absolute Gasteiger partial charge is 0.454 e. The molecule has 2 amide bonds. The highest BCUT2D eigenvalue weighted by Crippen LogP contribution is 2.48. The van der Waals surface area contributed by atoms with Gasteiger partial charge in [0.1, 0.15) is 11.2 Å².